The predicted octanol–water partition coefficient (Wildman–Crippen LogP) is 6.77. The van der Waals surface area contributed by atoms with E-state index in [-0.39, 0.29) is 5.91 Å². The lowest BCUT2D eigenvalue weighted by Crippen LogP contribution is -2.48. The summed E-state index contributed by atoms with van der Waals surface area (Å²) in [6.07, 6.45) is 6.29. The Balaban J connectivity index is 1.24. The number of carbonyl (C=O) groups excluding carboxylic acids is 1. The number of rotatable bonds is 9. The fourth-order valence-corrected chi connectivity index (χ4v) is 5.91. The molecule has 0 atom stereocenters. The van der Waals surface area contributed by atoms with Gasteiger partial charge in [-0.05, 0) is 60.4 Å². The van der Waals surface area contributed by atoms with Gasteiger partial charge in [0.25, 0.3) is 5.91 Å². The lowest BCUT2D eigenvalue weighted by molar-refractivity contribution is 0.0628. The first-order valence-corrected chi connectivity index (χ1v) is 14.9. The Morgan fingerprint density at radius 1 is 0.923 bits per heavy atom. The van der Waals surface area contributed by atoms with E-state index >= 15 is 0 Å². The largest absolute Gasteiger partial charge is 0.497 e. The predicted molar refractivity (Wildman–Crippen MR) is 163 cm³/mol. The summed E-state index contributed by atoms with van der Waals surface area (Å²) in [4.78, 5) is 17.9. The second-order valence-corrected chi connectivity index (χ2v) is 11.5. The molecule has 5 rings (SSSR count). The number of methoxy groups -OCH3 is 1. The first-order valence-electron chi connectivity index (χ1n) is 14.1. The second kappa shape index (κ2) is 13.4. The molecule has 2 N–H and O–H groups in total. The Kier molecular flexibility index (Phi) is 9.43. The number of anilines is 2. The van der Waals surface area contributed by atoms with Crippen molar-refractivity contribution in [2.75, 3.05) is 43.9 Å². The lowest BCUT2D eigenvalue weighted by Gasteiger charge is -2.35. The average molecular weight is 592 g/mol. The van der Waals surface area contributed by atoms with Crippen LogP contribution in [-0.4, -0.2) is 55.0 Å². The van der Waals surface area contributed by atoms with Crippen molar-refractivity contribution in [3.05, 3.63) is 87.9 Å². The lowest BCUT2D eigenvalue weighted by atomic mass is 9.95. The first-order chi connectivity index (χ1) is 19.1. The molecule has 39 heavy (non-hydrogen) atoms. The van der Waals surface area contributed by atoms with Gasteiger partial charge in [0, 0.05) is 55.3 Å². The van der Waals surface area contributed by atoms with Gasteiger partial charge in [-0.25, -0.2) is 0 Å². The van der Waals surface area contributed by atoms with Gasteiger partial charge in [0.15, 0.2) is 0 Å². The minimum Gasteiger partial charge on any atom is -0.497 e. The van der Waals surface area contributed by atoms with Gasteiger partial charge in [0.2, 0.25) is 0 Å². The summed E-state index contributed by atoms with van der Waals surface area (Å²) in [7, 11) is 1.69. The number of piperazine rings is 1. The minimum absolute atomic E-state index is 0.101. The molecule has 1 aliphatic heterocycles. The third-order valence-corrected chi connectivity index (χ3v) is 8.64. The van der Waals surface area contributed by atoms with E-state index in [1.54, 1.807) is 7.11 Å². The summed E-state index contributed by atoms with van der Waals surface area (Å²) in [5, 5.41) is 7.38. The third kappa shape index (κ3) is 7.34. The number of hydrogen-bond donors (Lipinski definition) is 2. The van der Waals surface area contributed by atoms with Crippen LogP contribution in [0.25, 0.3) is 0 Å². The van der Waals surface area contributed by atoms with Crippen LogP contribution in [0.5, 0.6) is 5.75 Å². The molecular weight excluding hydrogens is 552 g/mol. The number of benzene rings is 3. The van der Waals surface area contributed by atoms with E-state index < -0.39 is 0 Å². The van der Waals surface area contributed by atoms with E-state index in [2.05, 4.69) is 67.9 Å². The van der Waals surface area contributed by atoms with Gasteiger partial charge in [-0.15, -0.1) is 0 Å². The van der Waals surface area contributed by atoms with Gasteiger partial charge in [-0.3, -0.25) is 9.69 Å². The molecule has 1 amide bonds. The molecule has 0 spiro atoms. The minimum atomic E-state index is 0.101. The van der Waals surface area contributed by atoms with Crippen molar-refractivity contribution in [3.8, 4) is 5.75 Å². The molecule has 2 fully saturated rings. The molecule has 6 nitrogen and oxygen atoms in total. The summed E-state index contributed by atoms with van der Waals surface area (Å²) in [5.74, 6) is 0.962. The zero-order valence-corrected chi connectivity index (χ0v) is 24.4. The summed E-state index contributed by atoms with van der Waals surface area (Å²) in [6.45, 7) is 4.67. The molecular formula is C32H39BrN4O2. The normalized spacial score (nSPS) is 16.6. The van der Waals surface area contributed by atoms with Crippen LogP contribution in [0.3, 0.4) is 0 Å². The van der Waals surface area contributed by atoms with Crippen molar-refractivity contribution in [2.24, 2.45) is 0 Å². The molecule has 1 aliphatic carbocycles. The fraction of sp³-hybridized carbons (Fsp3) is 0.406. The zero-order valence-electron chi connectivity index (χ0n) is 22.8. The zero-order chi connectivity index (χ0) is 27.0. The van der Waals surface area contributed by atoms with Crippen molar-refractivity contribution in [1.82, 2.24) is 9.80 Å². The molecule has 7 heteroatoms. The van der Waals surface area contributed by atoms with Gasteiger partial charge >= 0.3 is 0 Å². The fourth-order valence-electron chi connectivity index (χ4n) is 5.54. The number of carbonyl (C=O) groups is 1. The van der Waals surface area contributed by atoms with Crippen molar-refractivity contribution < 1.29 is 9.53 Å². The molecule has 2 aliphatic rings. The second-order valence-electron chi connectivity index (χ2n) is 10.6. The Hall–Kier alpha value is -3.03. The van der Waals surface area contributed by atoms with Crippen LogP contribution >= 0.6 is 15.9 Å². The summed E-state index contributed by atoms with van der Waals surface area (Å²) >= 11 is 3.67. The molecule has 1 saturated carbocycles. The van der Waals surface area contributed by atoms with E-state index in [0.29, 0.717) is 6.04 Å². The quantitative estimate of drug-likeness (QED) is 0.288. The van der Waals surface area contributed by atoms with Crippen LogP contribution < -0.4 is 15.4 Å². The monoisotopic (exact) mass is 590 g/mol. The summed E-state index contributed by atoms with van der Waals surface area (Å²) in [5.41, 5.74) is 5.24. The number of hydrogen-bond acceptors (Lipinski definition) is 5. The number of nitrogens with zero attached hydrogens (tertiary/aromatic N) is 2. The first kappa shape index (κ1) is 27.5. The van der Waals surface area contributed by atoms with E-state index in [0.717, 1.165) is 66.4 Å². The summed E-state index contributed by atoms with van der Waals surface area (Å²) < 4.78 is 6.48. The van der Waals surface area contributed by atoms with Crippen LogP contribution in [0.2, 0.25) is 0 Å². The highest BCUT2D eigenvalue weighted by Gasteiger charge is 2.24. The third-order valence-electron chi connectivity index (χ3n) is 7.86. The molecule has 3 aromatic rings. The summed E-state index contributed by atoms with van der Waals surface area (Å²) in [6, 6.07) is 23.1. The van der Waals surface area contributed by atoms with Crippen LogP contribution in [0.4, 0.5) is 11.4 Å². The number of halogens is 1. The Morgan fingerprint density at radius 2 is 1.69 bits per heavy atom. The van der Waals surface area contributed by atoms with E-state index in [4.69, 9.17) is 4.74 Å². The van der Waals surface area contributed by atoms with Gasteiger partial charge in [0.1, 0.15) is 5.75 Å². The van der Waals surface area contributed by atoms with Crippen molar-refractivity contribution in [3.63, 3.8) is 0 Å². The average Bonchev–Trinajstić information content (AvgIpc) is 2.99. The molecule has 1 heterocycles. The molecule has 206 valence electrons. The van der Waals surface area contributed by atoms with Crippen molar-refractivity contribution >= 4 is 33.2 Å². The maximum Gasteiger partial charge on any atom is 0.254 e. The molecule has 0 unspecified atom stereocenters. The molecule has 0 radical (unpaired) electrons. The van der Waals surface area contributed by atoms with Gasteiger partial charge in [0.05, 0.1) is 18.5 Å². The standard InChI is InChI=1S/C32H39BrN4O2/c1-39-28-13-14-29(33)26(20-28)23-36-16-18-37(19-17-36)32(38)25-12-15-30(35-27-10-6-3-7-11-27)31(21-25)34-22-24-8-4-2-5-9-24/h2,4-5,8-9,12-15,20-21,27,34-35H,3,6-7,10-11,16-19,22-23H2,1H3. The molecule has 3 aromatic carbocycles. The van der Waals surface area contributed by atoms with E-state index in [1.165, 1.54) is 43.2 Å². The van der Waals surface area contributed by atoms with Crippen LogP contribution in [0.15, 0.2) is 71.2 Å². The maximum atomic E-state index is 13.6. The smallest absolute Gasteiger partial charge is 0.254 e. The SMILES string of the molecule is COc1ccc(Br)c(CN2CCN(C(=O)c3ccc(NC4CCCCC4)c(NCc4ccccc4)c3)CC2)c1. The Bertz CT molecular complexity index is 1240. The topological polar surface area (TPSA) is 56.8 Å². The van der Waals surface area contributed by atoms with Gasteiger partial charge in [-0.2, -0.15) is 0 Å². The van der Waals surface area contributed by atoms with Crippen molar-refractivity contribution in [1.29, 1.82) is 0 Å². The highest BCUT2D eigenvalue weighted by atomic mass is 79.9. The molecule has 1 saturated heterocycles. The van der Waals surface area contributed by atoms with Crippen molar-refractivity contribution in [2.45, 2.75) is 51.2 Å². The van der Waals surface area contributed by atoms with Crippen LogP contribution in [0, 0.1) is 0 Å². The molecule has 0 aromatic heterocycles. The van der Waals surface area contributed by atoms with E-state index in [9.17, 15) is 4.79 Å². The molecule has 0 bridgehead atoms. The number of nitrogens with one attached hydrogen (secondary N) is 2. The van der Waals surface area contributed by atoms with Crippen LogP contribution in [-0.2, 0) is 13.1 Å². The van der Waals surface area contributed by atoms with Gasteiger partial charge < -0.3 is 20.3 Å². The Morgan fingerprint density at radius 3 is 2.44 bits per heavy atom. The number of amides is 1. The Labute approximate surface area is 240 Å². The highest BCUT2D eigenvalue weighted by molar-refractivity contribution is 9.10. The van der Waals surface area contributed by atoms with Gasteiger partial charge in [-0.1, -0.05) is 65.5 Å². The van der Waals surface area contributed by atoms with Crippen LogP contribution in [0.1, 0.15) is 53.6 Å². The number of ether oxygens (including phenoxy) is 1. The highest BCUT2D eigenvalue weighted by Crippen LogP contribution is 2.29. The maximum absolute atomic E-state index is 13.6. The van der Waals surface area contributed by atoms with E-state index in [1.807, 2.05) is 35.2 Å².